The van der Waals surface area contributed by atoms with Crippen LogP contribution in [-0.4, -0.2) is 37.5 Å². The Balaban J connectivity index is 2.60. The van der Waals surface area contributed by atoms with Crippen molar-refractivity contribution in [3.63, 3.8) is 0 Å². The molecular weight excluding hydrogens is 272 g/mol. The quantitative estimate of drug-likeness (QED) is 0.783. The van der Waals surface area contributed by atoms with Gasteiger partial charge in [0, 0.05) is 30.5 Å². The molecule has 0 aromatic heterocycles. The summed E-state index contributed by atoms with van der Waals surface area (Å²) >= 11 is 5.91. The Bertz CT molecular complexity index is 419. The van der Waals surface area contributed by atoms with Crippen LogP contribution in [0.4, 0.5) is 0 Å². The molecule has 2 atom stereocenters. The third-order valence-corrected chi connectivity index (χ3v) is 4.19. The van der Waals surface area contributed by atoms with Gasteiger partial charge in [0.15, 0.2) is 0 Å². The maximum absolute atomic E-state index is 12.1. The number of nitrogens with zero attached hydrogens (tertiary/aromatic N) is 1. The summed E-state index contributed by atoms with van der Waals surface area (Å²) in [6, 6.07) is 8.02. The summed E-state index contributed by atoms with van der Waals surface area (Å²) in [6.45, 7) is 5.11. The molecule has 112 valence electrons. The van der Waals surface area contributed by atoms with Crippen LogP contribution < -0.4 is 5.32 Å². The fraction of sp³-hybridized carbons (Fsp3) is 0.562. The van der Waals surface area contributed by atoms with E-state index in [1.165, 1.54) is 5.56 Å². The Morgan fingerprint density at radius 2 is 1.90 bits per heavy atom. The van der Waals surface area contributed by atoms with E-state index in [2.05, 4.69) is 19.2 Å². The van der Waals surface area contributed by atoms with E-state index in [4.69, 9.17) is 11.6 Å². The Kier molecular flexibility index (Phi) is 7.03. The summed E-state index contributed by atoms with van der Waals surface area (Å²) < 4.78 is 0. The maximum Gasteiger partial charge on any atom is 0.222 e. The standard InChI is InChI=1S/C16H25ClN2O/c1-12(14-7-9-15(17)10-8-14)13(2)19(4)16(20)6-5-11-18-3/h7-10,12-13,18H,5-6,11H2,1-4H3. The second-order valence-electron chi connectivity index (χ2n) is 5.29. The summed E-state index contributed by atoms with van der Waals surface area (Å²) in [7, 11) is 3.79. The molecule has 0 aliphatic heterocycles. The second kappa shape index (κ2) is 8.28. The molecule has 3 nitrogen and oxygen atoms in total. The van der Waals surface area contributed by atoms with Crippen LogP contribution in [0.25, 0.3) is 0 Å². The number of nitrogens with one attached hydrogen (secondary N) is 1. The normalized spacial score (nSPS) is 13.8. The molecule has 0 saturated heterocycles. The van der Waals surface area contributed by atoms with E-state index in [0.717, 1.165) is 18.0 Å². The van der Waals surface area contributed by atoms with Gasteiger partial charge in [-0.05, 0) is 44.6 Å². The van der Waals surface area contributed by atoms with Crippen LogP contribution in [0.1, 0.15) is 38.2 Å². The summed E-state index contributed by atoms with van der Waals surface area (Å²) in [5.41, 5.74) is 1.21. The monoisotopic (exact) mass is 296 g/mol. The van der Waals surface area contributed by atoms with Crippen molar-refractivity contribution in [2.24, 2.45) is 0 Å². The van der Waals surface area contributed by atoms with Crippen LogP contribution in [0.5, 0.6) is 0 Å². The fourth-order valence-electron chi connectivity index (χ4n) is 2.20. The van der Waals surface area contributed by atoms with Crippen LogP contribution in [0.3, 0.4) is 0 Å². The van der Waals surface area contributed by atoms with E-state index in [1.807, 2.05) is 43.3 Å². The molecular formula is C16H25ClN2O. The molecule has 4 heteroatoms. The highest BCUT2D eigenvalue weighted by molar-refractivity contribution is 6.30. The number of carbonyl (C=O) groups excluding carboxylic acids is 1. The number of rotatable bonds is 7. The summed E-state index contributed by atoms with van der Waals surface area (Å²) in [6.07, 6.45) is 1.47. The maximum atomic E-state index is 12.1. The van der Waals surface area contributed by atoms with Gasteiger partial charge in [0.25, 0.3) is 0 Å². The first kappa shape index (κ1) is 17.0. The third kappa shape index (κ3) is 4.80. The number of carbonyl (C=O) groups is 1. The van der Waals surface area contributed by atoms with Crippen LogP contribution in [-0.2, 0) is 4.79 Å². The first-order chi connectivity index (χ1) is 9.47. The Labute approximate surface area is 127 Å². The van der Waals surface area contributed by atoms with Crippen molar-refractivity contribution < 1.29 is 4.79 Å². The molecule has 1 N–H and O–H groups in total. The zero-order valence-electron chi connectivity index (χ0n) is 12.8. The van der Waals surface area contributed by atoms with E-state index in [0.29, 0.717) is 6.42 Å². The number of halogens is 1. The number of amides is 1. The van der Waals surface area contributed by atoms with Crippen LogP contribution in [0.2, 0.25) is 5.02 Å². The minimum Gasteiger partial charge on any atom is -0.342 e. The van der Waals surface area contributed by atoms with Gasteiger partial charge in [0.05, 0.1) is 0 Å². The highest BCUT2D eigenvalue weighted by Crippen LogP contribution is 2.24. The highest BCUT2D eigenvalue weighted by atomic mass is 35.5. The van der Waals surface area contributed by atoms with E-state index in [9.17, 15) is 4.79 Å². The van der Waals surface area contributed by atoms with Gasteiger partial charge in [-0.3, -0.25) is 4.79 Å². The summed E-state index contributed by atoms with van der Waals surface area (Å²) in [5.74, 6) is 0.485. The predicted molar refractivity (Wildman–Crippen MR) is 85.3 cm³/mol. The molecule has 0 heterocycles. The van der Waals surface area contributed by atoms with Gasteiger partial charge in [0.2, 0.25) is 5.91 Å². The van der Waals surface area contributed by atoms with Crippen molar-refractivity contribution in [3.8, 4) is 0 Å². The molecule has 2 unspecified atom stereocenters. The molecule has 1 amide bonds. The van der Waals surface area contributed by atoms with Gasteiger partial charge in [-0.1, -0.05) is 30.7 Å². The van der Waals surface area contributed by atoms with Crippen molar-refractivity contribution in [1.82, 2.24) is 10.2 Å². The summed E-state index contributed by atoms with van der Waals surface area (Å²) in [5, 5.41) is 3.80. The van der Waals surface area contributed by atoms with Gasteiger partial charge in [0.1, 0.15) is 0 Å². The van der Waals surface area contributed by atoms with Crippen molar-refractivity contribution in [1.29, 1.82) is 0 Å². The van der Waals surface area contributed by atoms with Gasteiger partial charge in [-0.25, -0.2) is 0 Å². The molecule has 0 saturated carbocycles. The molecule has 0 bridgehead atoms. The average Bonchev–Trinajstić information content (AvgIpc) is 2.46. The average molecular weight is 297 g/mol. The SMILES string of the molecule is CNCCCC(=O)N(C)C(C)C(C)c1ccc(Cl)cc1. The third-order valence-electron chi connectivity index (χ3n) is 3.94. The smallest absolute Gasteiger partial charge is 0.222 e. The molecule has 0 spiro atoms. The Hall–Kier alpha value is -1.06. The lowest BCUT2D eigenvalue weighted by molar-refractivity contribution is -0.132. The topological polar surface area (TPSA) is 32.3 Å². The van der Waals surface area contributed by atoms with Crippen LogP contribution >= 0.6 is 11.6 Å². The number of hydrogen-bond donors (Lipinski definition) is 1. The van der Waals surface area contributed by atoms with E-state index >= 15 is 0 Å². The van der Waals surface area contributed by atoms with Gasteiger partial charge < -0.3 is 10.2 Å². The number of likely N-dealkylation sites (N-methyl/N-ethyl adjacent to an activating group) is 1. The Morgan fingerprint density at radius 1 is 1.30 bits per heavy atom. The molecule has 20 heavy (non-hydrogen) atoms. The lowest BCUT2D eigenvalue weighted by Gasteiger charge is -2.30. The predicted octanol–water partition coefficient (Wildman–Crippen LogP) is 3.29. The molecule has 1 aromatic rings. The van der Waals surface area contributed by atoms with Crippen molar-refractivity contribution in [2.45, 2.75) is 38.6 Å². The zero-order valence-corrected chi connectivity index (χ0v) is 13.6. The fourth-order valence-corrected chi connectivity index (χ4v) is 2.33. The van der Waals surface area contributed by atoms with Crippen molar-refractivity contribution >= 4 is 17.5 Å². The summed E-state index contributed by atoms with van der Waals surface area (Å²) in [4.78, 5) is 14.0. The zero-order chi connectivity index (χ0) is 15.1. The van der Waals surface area contributed by atoms with Crippen LogP contribution in [0, 0.1) is 0 Å². The first-order valence-electron chi connectivity index (χ1n) is 7.13. The van der Waals surface area contributed by atoms with Crippen molar-refractivity contribution in [3.05, 3.63) is 34.9 Å². The molecule has 0 aliphatic carbocycles. The van der Waals surface area contributed by atoms with E-state index < -0.39 is 0 Å². The molecule has 0 aliphatic rings. The lowest BCUT2D eigenvalue weighted by Crippen LogP contribution is -2.38. The van der Waals surface area contributed by atoms with E-state index in [1.54, 1.807) is 0 Å². The number of hydrogen-bond acceptors (Lipinski definition) is 2. The highest BCUT2D eigenvalue weighted by Gasteiger charge is 2.22. The van der Waals surface area contributed by atoms with E-state index in [-0.39, 0.29) is 17.9 Å². The minimum absolute atomic E-state index is 0.165. The van der Waals surface area contributed by atoms with Gasteiger partial charge in [-0.2, -0.15) is 0 Å². The van der Waals surface area contributed by atoms with Crippen molar-refractivity contribution in [2.75, 3.05) is 20.6 Å². The van der Waals surface area contributed by atoms with Gasteiger partial charge in [-0.15, -0.1) is 0 Å². The first-order valence-corrected chi connectivity index (χ1v) is 7.51. The number of benzene rings is 1. The molecule has 1 aromatic carbocycles. The largest absolute Gasteiger partial charge is 0.342 e. The van der Waals surface area contributed by atoms with Crippen LogP contribution in [0.15, 0.2) is 24.3 Å². The lowest BCUT2D eigenvalue weighted by atomic mass is 9.93. The molecule has 1 rings (SSSR count). The molecule has 0 fully saturated rings. The Morgan fingerprint density at radius 3 is 2.45 bits per heavy atom. The van der Waals surface area contributed by atoms with Gasteiger partial charge >= 0.3 is 0 Å². The second-order valence-corrected chi connectivity index (χ2v) is 5.73. The minimum atomic E-state index is 0.165. The molecule has 0 radical (unpaired) electrons.